The number of halogens is 1. The number of carbonyl (C=O) groups is 1. The van der Waals surface area contributed by atoms with Crippen LogP contribution in [-0.4, -0.2) is 49.9 Å². The average Bonchev–Trinajstić information content (AvgIpc) is 3.22. The van der Waals surface area contributed by atoms with Crippen LogP contribution in [0, 0.1) is 0 Å². The Hall–Kier alpha value is -3.06. The van der Waals surface area contributed by atoms with Crippen LogP contribution in [0.1, 0.15) is 27.2 Å². The van der Waals surface area contributed by atoms with E-state index in [9.17, 15) is 18.0 Å². The van der Waals surface area contributed by atoms with Gasteiger partial charge in [-0.1, -0.05) is 23.7 Å². The third-order valence-corrected chi connectivity index (χ3v) is 7.19. The summed E-state index contributed by atoms with van der Waals surface area (Å²) in [4.78, 5) is 28.9. The molecule has 5 rings (SSSR count). The van der Waals surface area contributed by atoms with E-state index in [-0.39, 0.29) is 24.1 Å². The summed E-state index contributed by atoms with van der Waals surface area (Å²) in [6, 6.07) is 12.6. The monoisotopic (exact) mass is 543 g/mol. The van der Waals surface area contributed by atoms with Crippen LogP contribution < -0.4 is 20.6 Å². The first kappa shape index (κ1) is 25.6. The molecule has 0 unspecified atom stereocenters. The molecule has 2 aromatic carbocycles. The van der Waals surface area contributed by atoms with Gasteiger partial charge in [-0.15, -0.1) is 0 Å². The number of morpholine rings is 1. The molecule has 12 heteroatoms. The molecular weight excluding hydrogens is 518 g/mol. The fraction of sp³-hybridized carbons (Fsp3) is 0.280. The van der Waals surface area contributed by atoms with Gasteiger partial charge in [0.1, 0.15) is 5.56 Å². The molecule has 1 saturated heterocycles. The SMILES string of the molecule is NS(=O)(=O)NCc1cc2cc(CN3CCOCC3)cc3c(=O)c(C(=O)NCc4ccc(Cl)cc4)cn1c23. The molecule has 0 radical (unpaired) electrons. The molecule has 1 fully saturated rings. The fourth-order valence-corrected chi connectivity index (χ4v) is 5.08. The number of pyridine rings is 1. The largest absolute Gasteiger partial charge is 0.379 e. The molecule has 37 heavy (non-hydrogen) atoms. The number of benzene rings is 2. The molecule has 194 valence electrons. The van der Waals surface area contributed by atoms with E-state index < -0.39 is 16.1 Å². The van der Waals surface area contributed by atoms with Gasteiger partial charge in [0.15, 0.2) is 0 Å². The molecule has 4 aromatic rings. The Labute approximate surface area is 218 Å². The molecule has 0 spiro atoms. The van der Waals surface area contributed by atoms with Crippen molar-refractivity contribution < 1.29 is 17.9 Å². The minimum Gasteiger partial charge on any atom is -0.379 e. The maximum absolute atomic E-state index is 13.5. The number of nitrogens with two attached hydrogens (primary N) is 1. The molecule has 2 aromatic heterocycles. The number of rotatable bonds is 8. The minimum atomic E-state index is -3.95. The zero-order valence-corrected chi connectivity index (χ0v) is 21.4. The van der Waals surface area contributed by atoms with Crippen LogP contribution >= 0.6 is 11.6 Å². The van der Waals surface area contributed by atoms with Crippen LogP contribution in [0.4, 0.5) is 0 Å². The summed E-state index contributed by atoms with van der Waals surface area (Å²) in [6.45, 7) is 3.59. The predicted octanol–water partition coefficient (Wildman–Crippen LogP) is 1.60. The highest BCUT2D eigenvalue weighted by Gasteiger charge is 2.21. The molecule has 0 aliphatic carbocycles. The Balaban J connectivity index is 1.55. The number of nitrogens with one attached hydrogen (secondary N) is 2. The molecule has 4 N–H and O–H groups in total. The van der Waals surface area contributed by atoms with Gasteiger partial charge in [0.25, 0.3) is 16.1 Å². The minimum absolute atomic E-state index is 0.0423. The molecule has 1 aliphatic rings. The molecular formula is C25H26ClN5O5S. The summed E-state index contributed by atoms with van der Waals surface area (Å²) >= 11 is 5.93. The van der Waals surface area contributed by atoms with Gasteiger partial charge in [-0.25, -0.2) is 5.14 Å². The summed E-state index contributed by atoms with van der Waals surface area (Å²) in [6.07, 6.45) is 1.46. The lowest BCUT2D eigenvalue weighted by Crippen LogP contribution is -2.35. The number of hydrogen-bond donors (Lipinski definition) is 3. The van der Waals surface area contributed by atoms with Gasteiger partial charge in [-0.3, -0.25) is 14.5 Å². The predicted molar refractivity (Wildman–Crippen MR) is 141 cm³/mol. The van der Waals surface area contributed by atoms with Crippen LogP contribution in [0.15, 0.2) is 53.5 Å². The fourth-order valence-electron chi connectivity index (χ4n) is 4.60. The van der Waals surface area contributed by atoms with Gasteiger partial charge in [-0.2, -0.15) is 13.1 Å². The lowest BCUT2D eigenvalue weighted by Gasteiger charge is -2.26. The van der Waals surface area contributed by atoms with Gasteiger partial charge in [0.2, 0.25) is 5.43 Å². The number of ether oxygens (including phenoxy) is 1. The Morgan fingerprint density at radius 2 is 1.78 bits per heavy atom. The first-order valence-electron chi connectivity index (χ1n) is 11.7. The standard InChI is InChI=1S/C25H26ClN5O5S/c26-19-3-1-16(2-4-19)12-28-25(33)22-15-31-20(13-29-37(27,34)35)11-18-9-17(10-21(23(18)31)24(22)32)14-30-5-7-36-8-6-30/h1-4,9-11,15,29H,5-8,12-14H2,(H,28,33)(H2,27,34,35). The van der Waals surface area contributed by atoms with Gasteiger partial charge < -0.3 is 14.5 Å². The third kappa shape index (κ3) is 5.77. The molecule has 1 aliphatic heterocycles. The zero-order chi connectivity index (χ0) is 26.2. The summed E-state index contributed by atoms with van der Waals surface area (Å²) in [5.41, 5.74) is 2.48. The zero-order valence-electron chi connectivity index (χ0n) is 19.9. The summed E-state index contributed by atoms with van der Waals surface area (Å²) in [5.74, 6) is -0.531. The van der Waals surface area contributed by atoms with E-state index in [1.165, 1.54) is 6.20 Å². The van der Waals surface area contributed by atoms with Crippen molar-refractivity contribution in [2.45, 2.75) is 19.6 Å². The smallest absolute Gasteiger partial charge is 0.274 e. The number of carbonyl (C=O) groups excluding carboxylic acids is 1. The van der Waals surface area contributed by atoms with Crippen molar-refractivity contribution in [3.8, 4) is 0 Å². The normalized spacial score (nSPS) is 15.0. The molecule has 3 heterocycles. The van der Waals surface area contributed by atoms with E-state index in [2.05, 4.69) is 14.9 Å². The highest BCUT2D eigenvalue weighted by molar-refractivity contribution is 7.87. The van der Waals surface area contributed by atoms with Crippen molar-refractivity contribution in [3.63, 3.8) is 0 Å². The summed E-state index contributed by atoms with van der Waals surface area (Å²) < 4.78 is 32.5. The average molecular weight is 544 g/mol. The Kier molecular flexibility index (Phi) is 7.17. The van der Waals surface area contributed by atoms with Crippen molar-refractivity contribution in [3.05, 3.63) is 86.3 Å². The van der Waals surface area contributed by atoms with Crippen LogP contribution in [0.2, 0.25) is 5.02 Å². The summed E-state index contributed by atoms with van der Waals surface area (Å²) in [5, 5.41) is 9.68. The second kappa shape index (κ2) is 10.4. The quantitative estimate of drug-likeness (QED) is 0.309. The van der Waals surface area contributed by atoms with Gasteiger partial charge in [0.05, 0.1) is 25.3 Å². The lowest BCUT2D eigenvalue weighted by atomic mass is 10.0. The number of amides is 1. The molecule has 1 amide bonds. The molecule has 0 atom stereocenters. The first-order chi connectivity index (χ1) is 17.7. The van der Waals surface area contributed by atoms with Gasteiger partial charge >= 0.3 is 0 Å². The highest BCUT2D eigenvalue weighted by Crippen LogP contribution is 2.26. The Morgan fingerprint density at radius 1 is 1.05 bits per heavy atom. The highest BCUT2D eigenvalue weighted by atomic mass is 35.5. The van der Waals surface area contributed by atoms with E-state index in [0.717, 1.165) is 29.6 Å². The van der Waals surface area contributed by atoms with E-state index in [1.54, 1.807) is 34.7 Å². The van der Waals surface area contributed by atoms with Crippen molar-refractivity contribution >= 4 is 44.0 Å². The van der Waals surface area contributed by atoms with Crippen LogP contribution in [0.25, 0.3) is 16.3 Å². The van der Waals surface area contributed by atoms with E-state index in [1.807, 2.05) is 12.1 Å². The number of nitrogens with zero attached hydrogens (tertiary/aromatic N) is 2. The molecule has 0 bridgehead atoms. The van der Waals surface area contributed by atoms with Crippen molar-refractivity contribution in [1.29, 1.82) is 0 Å². The van der Waals surface area contributed by atoms with Crippen LogP contribution in [0.3, 0.4) is 0 Å². The second-order valence-corrected chi connectivity index (χ2v) is 10.8. The molecule has 0 saturated carbocycles. The van der Waals surface area contributed by atoms with Crippen LogP contribution in [0.5, 0.6) is 0 Å². The number of aromatic nitrogens is 1. The van der Waals surface area contributed by atoms with Gasteiger partial charge in [0, 0.05) is 53.9 Å². The van der Waals surface area contributed by atoms with E-state index in [4.69, 9.17) is 21.5 Å². The van der Waals surface area contributed by atoms with Crippen LogP contribution in [-0.2, 0) is 34.6 Å². The number of hydrogen-bond acceptors (Lipinski definition) is 6. The van der Waals surface area contributed by atoms with Crippen molar-refractivity contribution in [1.82, 2.24) is 19.3 Å². The summed E-state index contributed by atoms with van der Waals surface area (Å²) in [7, 11) is -3.95. The Bertz CT molecular complexity index is 1620. The van der Waals surface area contributed by atoms with Crippen molar-refractivity contribution in [2.24, 2.45) is 5.14 Å². The first-order valence-corrected chi connectivity index (χ1v) is 13.6. The lowest BCUT2D eigenvalue weighted by molar-refractivity contribution is 0.0342. The third-order valence-electron chi connectivity index (χ3n) is 6.39. The van der Waals surface area contributed by atoms with Crippen molar-refractivity contribution in [2.75, 3.05) is 26.3 Å². The topological polar surface area (TPSA) is 135 Å². The molecule has 10 nitrogen and oxygen atoms in total. The van der Waals surface area contributed by atoms with E-state index >= 15 is 0 Å². The second-order valence-electron chi connectivity index (χ2n) is 9.02. The maximum Gasteiger partial charge on any atom is 0.274 e. The van der Waals surface area contributed by atoms with E-state index in [0.29, 0.717) is 41.4 Å². The maximum atomic E-state index is 13.5. The Morgan fingerprint density at radius 3 is 2.49 bits per heavy atom. The van der Waals surface area contributed by atoms with Gasteiger partial charge in [-0.05, 0) is 41.5 Å².